The Balaban J connectivity index is 1.63. The number of aromatic nitrogens is 3. The Morgan fingerprint density at radius 2 is 2.17 bits per heavy atom. The molecule has 0 radical (unpaired) electrons. The average Bonchev–Trinajstić information content (AvgIpc) is 3.01. The first kappa shape index (κ1) is 22.3. The lowest BCUT2D eigenvalue weighted by Crippen LogP contribution is -2.23. The number of aromatic amines is 1. The molecule has 3 heterocycles. The van der Waals surface area contributed by atoms with Gasteiger partial charge < -0.3 is 19.8 Å². The number of H-pyrrole nitrogens is 1. The van der Waals surface area contributed by atoms with Crippen molar-refractivity contribution in [3.05, 3.63) is 44.9 Å². The lowest BCUT2D eigenvalue weighted by atomic mass is 10.2. The Morgan fingerprint density at radius 1 is 1.37 bits per heavy atom. The van der Waals surface area contributed by atoms with Crippen LogP contribution < -0.4 is 15.6 Å². The number of fused-ring (bicyclic) bond motifs is 1. The van der Waals surface area contributed by atoms with E-state index in [2.05, 4.69) is 20.3 Å². The molecule has 3 aromatic rings. The highest BCUT2D eigenvalue weighted by Gasteiger charge is 2.18. The van der Waals surface area contributed by atoms with Crippen LogP contribution in [0.25, 0.3) is 10.2 Å². The summed E-state index contributed by atoms with van der Waals surface area (Å²) in [5.41, 5.74) is 1.34. The Bertz CT molecular complexity index is 1100. The van der Waals surface area contributed by atoms with Crippen molar-refractivity contribution in [1.29, 1.82) is 0 Å². The van der Waals surface area contributed by atoms with Crippen molar-refractivity contribution in [2.75, 3.05) is 25.6 Å². The summed E-state index contributed by atoms with van der Waals surface area (Å²) in [4.78, 5) is 38.4. The van der Waals surface area contributed by atoms with Crippen molar-refractivity contribution in [1.82, 2.24) is 15.0 Å². The molecule has 0 aliphatic rings. The molecule has 0 bridgehead atoms. The average molecular weight is 449 g/mol. The van der Waals surface area contributed by atoms with E-state index in [9.17, 15) is 9.59 Å². The van der Waals surface area contributed by atoms with Crippen molar-refractivity contribution < 1.29 is 14.3 Å². The molecule has 10 heteroatoms. The van der Waals surface area contributed by atoms with E-state index < -0.39 is 0 Å². The van der Waals surface area contributed by atoms with Gasteiger partial charge in [-0.05, 0) is 38.5 Å². The molecule has 0 aliphatic carbocycles. The van der Waals surface area contributed by atoms with Crippen LogP contribution in [0.3, 0.4) is 0 Å². The normalized spacial score (nSPS) is 12.1. The third kappa shape index (κ3) is 5.18. The molecule has 0 fully saturated rings. The molecule has 3 rings (SSSR count). The molecule has 0 saturated heterocycles. The molecule has 0 aliphatic heterocycles. The van der Waals surface area contributed by atoms with E-state index in [1.54, 1.807) is 32.4 Å². The molecule has 0 aromatic carbocycles. The van der Waals surface area contributed by atoms with Crippen molar-refractivity contribution in [3.8, 4) is 5.88 Å². The highest BCUT2D eigenvalue weighted by atomic mass is 32.2. The van der Waals surface area contributed by atoms with Gasteiger partial charge in [0.1, 0.15) is 22.9 Å². The van der Waals surface area contributed by atoms with Crippen LogP contribution in [-0.4, -0.2) is 46.4 Å². The summed E-state index contributed by atoms with van der Waals surface area (Å²) < 4.78 is 10.5. The first-order valence-corrected chi connectivity index (χ1v) is 11.2. The maximum atomic E-state index is 12.6. The van der Waals surface area contributed by atoms with Crippen LogP contribution in [0.1, 0.15) is 23.2 Å². The van der Waals surface area contributed by atoms with Crippen LogP contribution in [0, 0.1) is 13.8 Å². The van der Waals surface area contributed by atoms with Gasteiger partial charge in [-0.1, -0.05) is 0 Å². The number of methoxy groups -OCH3 is 1. The Kier molecular flexibility index (Phi) is 7.46. The zero-order valence-electron chi connectivity index (χ0n) is 17.3. The predicted octanol–water partition coefficient (Wildman–Crippen LogP) is 3.28. The lowest BCUT2D eigenvalue weighted by Gasteiger charge is -2.14. The number of pyridine rings is 1. The summed E-state index contributed by atoms with van der Waals surface area (Å²) in [6.45, 7) is 6.47. The van der Waals surface area contributed by atoms with Gasteiger partial charge >= 0.3 is 0 Å². The second-order valence-electron chi connectivity index (χ2n) is 6.62. The van der Waals surface area contributed by atoms with Crippen LogP contribution in [0.4, 0.5) is 5.69 Å². The summed E-state index contributed by atoms with van der Waals surface area (Å²) >= 11 is 2.90. The van der Waals surface area contributed by atoms with Crippen LogP contribution >= 0.6 is 23.1 Å². The number of thioether (sulfide) groups is 1. The van der Waals surface area contributed by atoms with Gasteiger partial charge in [0.25, 0.3) is 5.56 Å². The topological polar surface area (TPSA) is 106 Å². The fourth-order valence-electron chi connectivity index (χ4n) is 2.70. The van der Waals surface area contributed by atoms with E-state index in [1.807, 2.05) is 13.8 Å². The smallest absolute Gasteiger partial charge is 0.259 e. The molecule has 30 heavy (non-hydrogen) atoms. The number of ether oxygens (including phenoxy) is 2. The second kappa shape index (κ2) is 10.1. The van der Waals surface area contributed by atoms with Crippen LogP contribution in [0.5, 0.6) is 5.88 Å². The van der Waals surface area contributed by atoms with Crippen molar-refractivity contribution in [3.63, 3.8) is 0 Å². The molecule has 0 spiro atoms. The molecule has 160 valence electrons. The number of aryl methyl sites for hydroxylation is 2. The van der Waals surface area contributed by atoms with Gasteiger partial charge in [0.2, 0.25) is 11.8 Å². The fourth-order valence-corrected chi connectivity index (χ4v) is 4.51. The minimum absolute atomic E-state index is 0.136. The number of amides is 1. The molecule has 2 N–H and O–H groups in total. The summed E-state index contributed by atoms with van der Waals surface area (Å²) in [5.74, 6) is 1.14. The monoisotopic (exact) mass is 448 g/mol. The van der Waals surface area contributed by atoms with E-state index in [0.29, 0.717) is 41.7 Å². The number of nitrogens with one attached hydrogen (secondary N) is 2. The van der Waals surface area contributed by atoms with Gasteiger partial charge in [0.15, 0.2) is 0 Å². The Hall–Kier alpha value is -2.43. The zero-order valence-corrected chi connectivity index (χ0v) is 18.9. The largest absolute Gasteiger partial charge is 0.474 e. The third-order valence-corrected chi connectivity index (χ3v) is 6.74. The van der Waals surface area contributed by atoms with Crippen molar-refractivity contribution >= 4 is 44.9 Å². The predicted molar refractivity (Wildman–Crippen MR) is 121 cm³/mol. The summed E-state index contributed by atoms with van der Waals surface area (Å²) in [6, 6.07) is 3.46. The van der Waals surface area contributed by atoms with Gasteiger partial charge in [-0.15, -0.1) is 23.1 Å². The number of carbonyl (C=O) groups is 1. The maximum absolute atomic E-state index is 12.6. The number of rotatable bonds is 9. The molecular weight excluding hydrogens is 424 g/mol. The number of anilines is 1. The van der Waals surface area contributed by atoms with E-state index in [4.69, 9.17) is 9.47 Å². The lowest BCUT2D eigenvalue weighted by molar-refractivity contribution is -0.115. The SMILES string of the molecule is COCCOc1ncccc1NC(=O)C(C)SCc1nc2sc(C)c(C)c2c(=O)[nH]1. The zero-order chi connectivity index (χ0) is 21.7. The van der Waals surface area contributed by atoms with Crippen molar-refractivity contribution in [2.45, 2.75) is 31.8 Å². The van der Waals surface area contributed by atoms with Crippen LogP contribution in [0.2, 0.25) is 0 Å². The summed E-state index contributed by atoms with van der Waals surface area (Å²) in [6.07, 6.45) is 1.60. The van der Waals surface area contributed by atoms with Gasteiger partial charge in [0.05, 0.1) is 23.0 Å². The number of thiophene rings is 1. The minimum atomic E-state index is -0.371. The fraction of sp³-hybridized carbons (Fsp3) is 0.400. The highest BCUT2D eigenvalue weighted by Crippen LogP contribution is 2.27. The van der Waals surface area contributed by atoms with E-state index >= 15 is 0 Å². The minimum Gasteiger partial charge on any atom is -0.474 e. The first-order valence-electron chi connectivity index (χ1n) is 9.38. The summed E-state index contributed by atoms with van der Waals surface area (Å²) in [7, 11) is 1.59. The van der Waals surface area contributed by atoms with Gasteiger partial charge in [-0.25, -0.2) is 9.97 Å². The number of hydrogen-bond donors (Lipinski definition) is 2. The maximum Gasteiger partial charge on any atom is 0.259 e. The van der Waals surface area contributed by atoms with E-state index in [0.717, 1.165) is 15.3 Å². The van der Waals surface area contributed by atoms with Crippen molar-refractivity contribution in [2.24, 2.45) is 0 Å². The molecule has 3 aromatic heterocycles. The molecule has 1 unspecified atom stereocenters. The Labute approximate surface area is 182 Å². The van der Waals surface area contributed by atoms with Gasteiger partial charge in [-0.2, -0.15) is 0 Å². The Morgan fingerprint density at radius 3 is 2.93 bits per heavy atom. The van der Waals surface area contributed by atoms with Gasteiger partial charge in [-0.3, -0.25) is 9.59 Å². The van der Waals surface area contributed by atoms with E-state index in [-0.39, 0.29) is 16.7 Å². The standard InChI is InChI=1S/C20H24N4O4S2/c1-11-12(2)30-20-16(11)18(26)23-15(24-20)10-29-13(3)17(25)22-14-6-5-7-21-19(14)28-9-8-27-4/h5-7,13H,8-10H2,1-4H3,(H,22,25)(H,23,24,26). The number of nitrogens with zero attached hydrogens (tertiary/aromatic N) is 2. The molecule has 1 atom stereocenters. The molecular formula is C20H24N4O4S2. The molecule has 0 saturated carbocycles. The highest BCUT2D eigenvalue weighted by molar-refractivity contribution is 7.99. The number of carbonyl (C=O) groups excluding carboxylic acids is 1. The second-order valence-corrected chi connectivity index (χ2v) is 9.15. The summed E-state index contributed by atoms with van der Waals surface area (Å²) in [5, 5.41) is 3.12. The third-order valence-electron chi connectivity index (χ3n) is 4.48. The van der Waals surface area contributed by atoms with Crippen LogP contribution in [0.15, 0.2) is 23.1 Å². The number of hydrogen-bond acceptors (Lipinski definition) is 8. The quantitative estimate of drug-likeness (QED) is 0.484. The van der Waals surface area contributed by atoms with E-state index in [1.165, 1.54) is 23.1 Å². The first-order chi connectivity index (χ1) is 14.4. The van der Waals surface area contributed by atoms with Crippen LogP contribution in [-0.2, 0) is 15.3 Å². The molecule has 8 nitrogen and oxygen atoms in total. The van der Waals surface area contributed by atoms with Gasteiger partial charge in [0, 0.05) is 18.2 Å². The molecule has 1 amide bonds.